The van der Waals surface area contributed by atoms with E-state index in [1.807, 2.05) is 12.3 Å². The monoisotopic (exact) mass is 390 g/mol. The fourth-order valence-electron chi connectivity index (χ4n) is 4.26. The molecule has 2 N–H and O–H groups in total. The highest BCUT2D eigenvalue weighted by molar-refractivity contribution is 5.62. The summed E-state index contributed by atoms with van der Waals surface area (Å²) in [6.45, 7) is 5.22. The van der Waals surface area contributed by atoms with Gasteiger partial charge in [-0.05, 0) is 24.0 Å². The third-order valence-electron chi connectivity index (χ3n) is 5.86. The molecule has 29 heavy (non-hydrogen) atoms. The van der Waals surface area contributed by atoms with Crippen LogP contribution in [0.1, 0.15) is 17.5 Å². The number of nitrogens with one attached hydrogen (secondary N) is 1. The molecule has 0 saturated carbocycles. The second-order valence-corrected chi connectivity index (χ2v) is 7.81. The Bertz CT molecular complexity index is 865. The molecule has 5 heteroatoms. The molecule has 5 nitrogen and oxygen atoms in total. The van der Waals surface area contributed by atoms with E-state index in [1.165, 1.54) is 16.7 Å². The summed E-state index contributed by atoms with van der Waals surface area (Å²) in [6, 6.07) is 21.4. The average molecular weight is 391 g/mol. The van der Waals surface area contributed by atoms with Gasteiger partial charge in [-0.1, -0.05) is 60.7 Å². The first kappa shape index (κ1) is 19.8. The Morgan fingerprint density at radius 3 is 2.52 bits per heavy atom. The molecule has 0 unspecified atom stereocenters. The quantitative estimate of drug-likeness (QED) is 0.620. The van der Waals surface area contributed by atoms with Gasteiger partial charge in [0.15, 0.2) is 0 Å². The fraction of sp³-hybridized carbons (Fsp3) is 0.375. The minimum atomic E-state index is 0.237. The normalized spacial score (nSPS) is 18.2. The molecule has 1 fully saturated rings. The molecule has 1 aliphatic heterocycles. The van der Waals surface area contributed by atoms with Crippen LogP contribution < -0.4 is 0 Å². The maximum Gasteiger partial charge on any atom is 0.0695 e. The van der Waals surface area contributed by atoms with Crippen molar-refractivity contribution in [1.29, 1.82) is 0 Å². The number of aromatic nitrogens is 2. The highest BCUT2D eigenvalue weighted by Crippen LogP contribution is 2.23. The van der Waals surface area contributed by atoms with Gasteiger partial charge in [-0.15, -0.1) is 0 Å². The Morgan fingerprint density at radius 2 is 1.76 bits per heavy atom. The van der Waals surface area contributed by atoms with Crippen molar-refractivity contribution < 1.29 is 5.11 Å². The van der Waals surface area contributed by atoms with Crippen molar-refractivity contribution in [1.82, 2.24) is 20.0 Å². The molecule has 2 heterocycles. The summed E-state index contributed by atoms with van der Waals surface area (Å²) in [4.78, 5) is 5.05. The van der Waals surface area contributed by atoms with Crippen molar-refractivity contribution in [3.05, 3.63) is 78.0 Å². The van der Waals surface area contributed by atoms with Gasteiger partial charge in [-0.25, -0.2) is 0 Å². The van der Waals surface area contributed by atoms with Crippen LogP contribution in [-0.2, 0) is 13.0 Å². The van der Waals surface area contributed by atoms with Gasteiger partial charge in [-0.2, -0.15) is 5.10 Å². The summed E-state index contributed by atoms with van der Waals surface area (Å²) in [5.74, 6) is 0. The minimum absolute atomic E-state index is 0.237. The van der Waals surface area contributed by atoms with E-state index < -0.39 is 0 Å². The van der Waals surface area contributed by atoms with E-state index >= 15 is 0 Å². The van der Waals surface area contributed by atoms with Crippen LogP contribution in [0.5, 0.6) is 0 Å². The minimum Gasteiger partial charge on any atom is -0.396 e. The van der Waals surface area contributed by atoms with Crippen molar-refractivity contribution in [2.75, 3.05) is 32.8 Å². The molecule has 0 aliphatic carbocycles. The van der Waals surface area contributed by atoms with Gasteiger partial charge in [0.1, 0.15) is 0 Å². The Labute approximate surface area is 173 Å². The summed E-state index contributed by atoms with van der Waals surface area (Å²) in [5.41, 5.74) is 4.89. The van der Waals surface area contributed by atoms with Crippen LogP contribution in [0.2, 0.25) is 0 Å². The molecule has 1 aromatic heterocycles. The van der Waals surface area contributed by atoms with E-state index in [1.54, 1.807) is 0 Å². The van der Waals surface area contributed by atoms with E-state index in [2.05, 4.69) is 74.6 Å². The summed E-state index contributed by atoms with van der Waals surface area (Å²) in [5, 5.41) is 17.1. The second kappa shape index (κ2) is 9.83. The van der Waals surface area contributed by atoms with Crippen LogP contribution in [-0.4, -0.2) is 63.9 Å². The number of rotatable bonds is 8. The lowest BCUT2D eigenvalue weighted by atomic mass is 10.0. The second-order valence-electron chi connectivity index (χ2n) is 7.81. The van der Waals surface area contributed by atoms with E-state index in [0.29, 0.717) is 6.04 Å². The zero-order chi connectivity index (χ0) is 19.9. The first-order valence-electron chi connectivity index (χ1n) is 10.5. The topological polar surface area (TPSA) is 55.4 Å². The number of aromatic amines is 1. The number of H-pyrrole nitrogens is 1. The molecule has 0 bridgehead atoms. The van der Waals surface area contributed by atoms with E-state index in [9.17, 15) is 5.11 Å². The van der Waals surface area contributed by atoms with Crippen LogP contribution in [0.4, 0.5) is 0 Å². The molecule has 1 atom stereocenters. The number of benzene rings is 2. The molecular formula is C24H30N4O. The van der Waals surface area contributed by atoms with Crippen molar-refractivity contribution in [3.8, 4) is 11.3 Å². The van der Waals surface area contributed by atoms with E-state index in [0.717, 1.165) is 51.3 Å². The number of piperazine rings is 1. The molecule has 2 aromatic carbocycles. The Kier molecular flexibility index (Phi) is 6.72. The lowest BCUT2D eigenvalue weighted by Crippen LogP contribution is -2.53. The van der Waals surface area contributed by atoms with E-state index in [4.69, 9.17) is 0 Å². The summed E-state index contributed by atoms with van der Waals surface area (Å²) in [7, 11) is 0. The van der Waals surface area contributed by atoms with Gasteiger partial charge in [0.2, 0.25) is 0 Å². The van der Waals surface area contributed by atoms with Gasteiger partial charge >= 0.3 is 0 Å². The van der Waals surface area contributed by atoms with Crippen LogP contribution in [0.3, 0.4) is 0 Å². The van der Waals surface area contributed by atoms with Crippen LogP contribution in [0.25, 0.3) is 11.3 Å². The van der Waals surface area contributed by atoms with Crippen LogP contribution in [0.15, 0.2) is 66.9 Å². The lowest BCUT2D eigenvalue weighted by Gasteiger charge is -2.41. The first-order chi connectivity index (χ1) is 14.3. The maximum absolute atomic E-state index is 9.60. The smallest absolute Gasteiger partial charge is 0.0695 e. The molecule has 1 saturated heterocycles. The average Bonchev–Trinajstić information content (AvgIpc) is 3.23. The van der Waals surface area contributed by atoms with Crippen molar-refractivity contribution in [2.24, 2.45) is 0 Å². The molecule has 1 aliphatic rings. The largest absolute Gasteiger partial charge is 0.396 e. The fourth-order valence-corrected chi connectivity index (χ4v) is 4.26. The van der Waals surface area contributed by atoms with Crippen molar-refractivity contribution in [2.45, 2.75) is 25.4 Å². The number of hydrogen-bond acceptors (Lipinski definition) is 4. The predicted molar refractivity (Wildman–Crippen MR) is 117 cm³/mol. The zero-order valence-electron chi connectivity index (χ0n) is 16.9. The molecule has 4 rings (SSSR count). The highest BCUT2D eigenvalue weighted by Gasteiger charge is 2.27. The van der Waals surface area contributed by atoms with Crippen molar-refractivity contribution >= 4 is 0 Å². The lowest BCUT2D eigenvalue weighted by molar-refractivity contribution is 0.0563. The standard InChI is InChI=1S/C24H30N4O/c29-16-12-23-19-27(14-15-28(23)13-11-20-7-3-1-4-8-20)18-22-17-25-26-24(22)21-9-5-2-6-10-21/h1-10,17,23,29H,11-16,18-19H2,(H,25,26)/t23-/m0/s1. The molecule has 0 spiro atoms. The summed E-state index contributed by atoms with van der Waals surface area (Å²) in [6.07, 6.45) is 3.83. The summed E-state index contributed by atoms with van der Waals surface area (Å²) < 4.78 is 0. The third kappa shape index (κ3) is 5.12. The maximum atomic E-state index is 9.60. The van der Waals surface area contributed by atoms with Gasteiger partial charge < -0.3 is 5.11 Å². The van der Waals surface area contributed by atoms with Gasteiger partial charge in [0.05, 0.1) is 11.9 Å². The van der Waals surface area contributed by atoms with Gasteiger partial charge in [-0.3, -0.25) is 14.9 Å². The Balaban J connectivity index is 1.38. The molecule has 3 aromatic rings. The number of hydrogen-bond donors (Lipinski definition) is 2. The molecule has 0 radical (unpaired) electrons. The number of aliphatic hydroxyl groups excluding tert-OH is 1. The Morgan fingerprint density at radius 1 is 1.00 bits per heavy atom. The van der Waals surface area contributed by atoms with Gasteiger partial charge in [0, 0.05) is 50.9 Å². The third-order valence-corrected chi connectivity index (χ3v) is 5.86. The van der Waals surface area contributed by atoms with Crippen LogP contribution in [0, 0.1) is 0 Å². The number of nitrogens with zero attached hydrogens (tertiary/aromatic N) is 3. The highest BCUT2D eigenvalue weighted by atomic mass is 16.3. The first-order valence-corrected chi connectivity index (χ1v) is 10.5. The Hall–Kier alpha value is -2.47. The van der Waals surface area contributed by atoms with Gasteiger partial charge in [0.25, 0.3) is 0 Å². The SMILES string of the molecule is OCC[C@H]1CN(Cc2cn[nH]c2-c2ccccc2)CCN1CCc1ccccc1. The molecular weight excluding hydrogens is 360 g/mol. The van der Waals surface area contributed by atoms with E-state index in [-0.39, 0.29) is 6.61 Å². The van der Waals surface area contributed by atoms with Crippen molar-refractivity contribution in [3.63, 3.8) is 0 Å². The van der Waals surface area contributed by atoms with Crippen LogP contribution >= 0.6 is 0 Å². The summed E-state index contributed by atoms with van der Waals surface area (Å²) >= 11 is 0. The molecule has 0 amide bonds. The number of aliphatic hydroxyl groups is 1. The zero-order valence-corrected chi connectivity index (χ0v) is 16.9. The predicted octanol–water partition coefficient (Wildman–Crippen LogP) is 3.19. The molecule has 152 valence electrons.